The third-order valence-electron chi connectivity index (χ3n) is 6.55. The fourth-order valence-electron chi connectivity index (χ4n) is 4.57. The van der Waals surface area contributed by atoms with Gasteiger partial charge in [0.05, 0.1) is 6.54 Å². The Labute approximate surface area is 196 Å². The SMILES string of the molecule is CN(C)c1ccc(-c2ccc(CN(C(=O)C3CCCCC3)c3cccc(C=O)c3)cc2)cc1. The van der Waals surface area contributed by atoms with Crippen molar-refractivity contribution in [3.63, 3.8) is 0 Å². The van der Waals surface area contributed by atoms with Gasteiger partial charge >= 0.3 is 0 Å². The van der Waals surface area contributed by atoms with Gasteiger partial charge in [-0.2, -0.15) is 0 Å². The molecule has 33 heavy (non-hydrogen) atoms. The van der Waals surface area contributed by atoms with Gasteiger partial charge in [-0.3, -0.25) is 9.59 Å². The molecule has 0 aliphatic heterocycles. The van der Waals surface area contributed by atoms with E-state index >= 15 is 0 Å². The molecule has 0 unspecified atom stereocenters. The molecule has 4 rings (SSSR count). The molecule has 0 radical (unpaired) electrons. The number of rotatable bonds is 7. The van der Waals surface area contributed by atoms with Crippen LogP contribution in [0.2, 0.25) is 0 Å². The number of hydrogen-bond donors (Lipinski definition) is 0. The number of carbonyl (C=O) groups excluding carboxylic acids is 2. The van der Waals surface area contributed by atoms with Crippen molar-refractivity contribution in [2.24, 2.45) is 5.92 Å². The van der Waals surface area contributed by atoms with E-state index in [1.54, 1.807) is 6.07 Å². The highest BCUT2D eigenvalue weighted by atomic mass is 16.2. The van der Waals surface area contributed by atoms with Crippen molar-refractivity contribution in [2.75, 3.05) is 23.9 Å². The van der Waals surface area contributed by atoms with Crippen molar-refractivity contribution in [3.05, 3.63) is 83.9 Å². The molecule has 4 nitrogen and oxygen atoms in total. The zero-order valence-electron chi connectivity index (χ0n) is 19.5. The van der Waals surface area contributed by atoms with Crippen LogP contribution in [-0.4, -0.2) is 26.3 Å². The standard InChI is InChI=1S/C29H32N2O2/c1-30(2)27-17-15-25(16-18-27)24-13-11-22(12-14-24)20-31(28-10-6-7-23(19-28)21-32)29(33)26-8-4-3-5-9-26/h6-7,10-19,21,26H,3-5,8-9,20H2,1-2H3. The molecule has 1 saturated carbocycles. The van der Waals surface area contributed by atoms with E-state index in [4.69, 9.17) is 0 Å². The first-order chi connectivity index (χ1) is 16.0. The van der Waals surface area contributed by atoms with E-state index < -0.39 is 0 Å². The summed E-state index contributed by atoms with van der Waals surface area (Å²) in [5.74, 6) is 0.231. The first-order valence-corrected chi connectivity index (χ1v) is 11.8. The lowest BCUT2D eigenvalue weighted by molar-refractivity contribution is -0.123. The first-order valence-electron chi connectivity index (χ1n) is 11.8. The lowest BCUT2D eigenvalue weighted by Gasteiger charge is -2.30. The third-order valence-corrected chi connectivity index (χ3v) is 6.55. The van der Waals surface area contributed by atoms with Crippen LogP contribution in [0.25, 0.3) is 11.1 Å². The Morgan fingerprint density at radius 2 is 1.48 bits per heavy atom. The highest BCUT2D eigenvalue weighted by Gasteiger charge is 2.27. The van der Waals surface area contributed by atoms with Gasteiger partial charge in [-0.05, 0) is 53.8 Å². The van der Waals surface area contributed by atoms with Crippen LogP contribution in [0.5, 0.6) is 0 Å². The van der Waals surface area contributed by atoms with Gasteiger partial charge in [0, 0.05) is 37.0 Å². The third kappa shape index (κ3) is 5.51. The fraction of sp³-hybridized carbons (Fsp3) is 0.310. The molecule has 170 valence electrons. The van der Waals surface area contributed by atoms with Crippen LogP contribution in [-0.2, 0) is 11.3 Å². The second-order valence-electron chi connectivity index (χ2n) is 9.11. The largest absolute Gasteiger partial charge is 0.378 e. The molecule has 1 aliphatic carbocycles. The van der Waals surface area contributed by atoms with E-state index in [2.05, 4.69) is 53.4 Å². The molecule has 3 aromatic rings. The molecule has 3 aromatic carbocycles. The number of aldehydes is 1. The minimum absolute atomic E-state index is 0.0631. The molecule has 1 amide bonds. The van der Waals surface area contributed by atoms with Gasteiger partial charge < -0.3 is 9.80 Å². The van der Waals surface area contributed by atoms with Crippen LogP contribution < -0.4 is 9.80 Å². The van der Waals surface area contributed by atoms with Crippen molar-refractivity contribution in [1.29, 1.82) is 0 Å². The van der Waals surface area contributed by atoms with Crippen molar-refractivity contribution in [1.82, 2.24) is 0 Å². The summed E-state index contributed by atoms with van der Waals surface area (Å²) in [6.45, 7) is 0.498. The van der Waals surface area contributed by atoms with Crippen LogP contribution in [0.3, 0.4) is 0 Å². The maximum atomic E-state index is 13.5. The van der Waals surface area contributed by atoms with Crippen LogP contribution in [0.4, 0.5) is 11.4 Å². The Morgan fingerprint density at radius 3 is 2.09 bits per heavy atom. The number of nitrogens with zero attached hydrogens (tertiary/aromatic N) is 2. The van der Waals surface area contributed by atoms with Crippen molar-refractivity contribution in [2.45, 2.75) is 38.6 Å². The monoisotopic (exact) mass is 440 g/mol. The van der Waals surface area contributed by atoms with Gasteiger partial charge in [0.25, 0.3) is 0 Å². The normalized spacial score (nSPS) is 14.0. The van der Waals surface area contributed by atoms with Crippen molar-refractivity contribution < 1.29 is 9.59 Å². The number of carbonyl (C=O) groups is 2. The predicted octanol–water partition coefficient (Wildman–Crippen LogP) is 6.35. The van der Waals surface area contributed by atoms with E-state index in [0.717, 1.165) is 48.8 Å². The van der Waals surface area contributed by atoms with E-state index in [1.807, 2.05) is 37.2 Å². The molecule has 0 aromatic heterocycles. The lowest BCUT2D eigenvalue weighted by atomic mass is 9.88. The number of hydrogen-bond acceptors (Lipinski definition) is 3. The maximum Gasteiger partial charge on any atom is 0.230 e. The first kappa shape index (κ1) is 22.8. The molecular formula is C29H32N2O2. The minimum Gasteiger partial charge on any atom is -0.378 e. The summed E-state index contributed by atoms with van der Waals surface area (Å²) in [4.78, 5) is 28.8. The molecule has 0 spiro atoms. The number of anilines is 2. The van der Waals surface area contributed by atoms with Gasteiger partial charge in [0.2, 0.25) is 5.91 Å². The predicted molar refractivity (Wildman–Crippen MR) is 136 cm³/mol. The Balaban J connectivity index is 1.57. The maximum absolute atomic E-state index is 13.5. The molecular weight excluding hydrogens is 408 g/mol. The molecule has 0 heterocycles. The van der Waals surface area contributed by atoms with E-state index in [1.165, 1.54) is 17.7 Å². The van der Waals surface area contributed by atoms with E-state index in [9.17, 15) is 9.59 Å². The zero-order chi connectivity index (χ0) is 23.2. The highest BCUT2D eigenvalue weighted by molar-refractivity contribution is 5.95. The van der Waals surface area contributed by atoms with Gasteiger partial charge in [-0.1, -0.05) is 67.8 Å². The highest BCUT2D eigenvalue weighted by Crippen LogP contribution is 2.30. The Morgan fingerprint density at radius 1 is 0.848 bits per heavy atom. The summed E-state index contributed by atoms with van der Waals surface area (Å²) >= 11 is 0. The van der Waals surface area contributed by atoms with E-state index in [0.29, 0.717) is 12.1 Å². The summed E-state index contributed by atoms with van der Waals surface area (Å²) in [5.41, 5.74) is 5.94. The molecule has 1 aliphatic rings. The topological polar surface area (TPSA) is 40.6 Å². The summed E-state index contributed by atoms with van der Waals surface area (Å²) < 4.78 is 0. The summed E-state index contributed by atoms with van der Waals surface area (Å²) in [7, 11) is 4.07. The summed E-state index contributed by atoms with van der Waals surface area (Å²) in [5, 5.41) is 0. The second kappa shape index (κ2) is 10.5. The second-order valence-corrected chi connectivity index (χ2v) is 9.11. The molecule has 0 N–H and O–H groups in total. The van der Waals surface area contributed by atoms with Crippen LogP contribution in [0.15, 0.2) is 72.8 Å². The van der Waals surface area contributed by atoms with Gasteiger partial charge in [0.15, 0.2) is 0 Å². The minimum atomic E-state index is 0.0631. The summed E-state index contributed by atoms with van der Waals surface area (Å²) in [6, 6.07) is 24.3. The molecule has 0 saturated heterocycles. The van der Waals surface area contributed by atoms with E-state index in [-0.39, 0.29) is 11.8 Å². The van der Waals surface area contributed by atoms with Gasteiger partial charge in [-0.15, -0.1) is 0 Å². The van der Waals surface area contributed by atoms with Crippen molar-refractivity contribution in [3.8, 4) is 11.1 Å². The average molecular weight is 441 g/mol. The van der Waals surface area contributed by atoms with Crippen molar-refractivity contribution >= 4 is 23.6 Å². The molecule has 0 bridgehead atoms. The number of amides is 1. The van der Waals surface area contributed by atoms with Crippen LogP contribution in [0, 0.1) is 5.92 Å². The Bertz CT molecular complexity index is 1080. The van der Waals surface area contributed by atoms with Crippen LogP contribution >= 0.6 is 0 Å². The molecule has 4 heteroatoms. The zero-order valence-corrected chi connectivity index (χ0v) is 19.5. The molecule has 1 fully saturated rings. The summed E-state index contributed by atoms with van der Waals surface area (Å²) in [6.07, 6.45) is 6.17. The smallest absolute Gasteiger partial charge is 0.230 e. The number of benzene rings is 3. The molecule has 0 atom stereocenters. The van der Waals surface area contributed by atoms with Gasteiger partial charge in [0.1, 0.15) is 6.29 Å². The fourth-order valence-corrected chi connectivity index (χ4v) is 4.57. The quantitative estimate of drug-likeness (QED) is 0.402. The Hall–Kier alpha value is -3.40. The Kier molecular flexibility index (Phi) is 7.23. The lowest BCUT2D eigenvalue weighted by Crippen LogP contribution is -2.36. The van der Waals surface area contributed by atoms with Crippen LogP contribution in [0.1, 0.15) is 48.0 Å². The average Bonchev–Trinajstić information content (AvgIpc) is 2.88. The van der Waals surface area contributed by atoms with Gasteiger partial charge in [-0.25, -0.2) is 0 Å².